The summed E-state index contributed by atoms with van der Waals surface area (Å²) in [7, 11) is 0. The fourth-order valence-corrected chi connectivity index (χ4v) is 2.53. The molecule has 5 nitrogen and oxygen atoms in total. The Morgan fingerprint density at radius 3 is 2.65 bits per heavy atom. The van der Waals surface area contributed by atoms with Crippen LogP contribution in [0.5, 0.6) is 0 Å². The monoisotopic (exact) mass is 461 g/mol. The maximum atomic E-state index is 5.99. The van der Waals surface area contributed by atoms with Gasteiger partial charge in [-0.05, 0) is 29.2 Å². The van der Waals surface area contributed by atoms with E-state index in [1.54, 1.807) is 0 Å². The Morgan fingerprint density at radius 1 is 1.15 bits per heavy atom. The molecule has 3 rings (SSSR count). The molecule has 0 fully saturated rings. The molecule has 1 aromatic heterocycles. The maximum absolute atomic E-state index is 5.99. The van der Waals surface area contributed by atoms with Gasteiger partial charge in [-0.15, -0.1) is 24.0 Å². The van der Waals surface area contributed by atoms with Gasteiger partial charge in [0.2, 0.25) is 0 Å². The van der Waals surface area contributed by atoms with E-state index >= 15 is 0 Å². The summed E-state index contributed by atoms with van der Waals surface area (Å²) in [5, 5.41) is 3.13. The van der Waals surface area contributed by atoms with Gasteiger partial charge in [0.1, 0.15) is 12.4 Å². The zero-order valence-corrected chi connectivity index (χ0v) is 17.3. The van der Waals surface area contributed by atoms with Gasteiger partial charge < -0.3 is 16.0 Å². The molecular weight excluding hydrogens is 437 g/mol. The van der Waals surface area contributed by atoms with Crippen molar-refractivity contribution in [1.29, 1.82) is 0 Å². The highest BCUT2D eigenvalue weighted by Gasteiger charge is 2.04. The molecule has 0 radical (unpaired) electrons. The first-order valence-electron chi connectivity index (χ1n) is 8.38. The highest BCUT2D eigenvalue weighted by atomic mass is 127. The van der Waals surface area contributed by atoms with E-state index in [0.717, 1.165) is 22.8 Å². The van der Waals surface area contributed by atoms with Gasteiger partial charge in [0.05, 0.1) is 11.9 Å². The van der Waals surface area contributed by atoms with E-state index in [2.05, 4.69) is 46.3 Å². The molecule has 0 atom stereocenters. The first-order valence-corrected chi connectivity index (χ1v) is 8.38. The van der Waals surface area contributed by atoms with Crippen molar-refractivity contribution < 1.29 is 0 Å². The number of rotatable bonds is 5. The number of aromatic nitrogens is 2. The summed E-state index contributed by atoms with van der Waals surface area (Å²) in [6, 6.07) is 18.3. The summed E-state index contributed by atoms with van der Waals surface area (Å²) in [5.41, 5.74) is 10.3. The number of anilines is 1. The van der Waals surface area contributed by atoms with Crippen LogP contribution in [-0.2, 0) is 6.54 Å². The average Bonchev–Trinajstić information content (AvgIpc) is 3.10. The number of nitrogens with two attached hydrogens (primary N) is 1. The minimum Gasteiger partial charge on any atom is -0.370 e. The van der Waals surface area contributed by atoms with E-state index in [4.69, 9.17) is 5.73 Å². The molecule has 6 heteroatoms. The van der Waals surface area contributed by atoms with E-state index in [1.807, 2.05) is 48.7 Å². The Kier molecular flexibility index (Phi) is 7.20. The lowest BCUT2D eigenvalue weighted by Gasteiger charge is -2.09. The fourth-order valence-electron chi connectivity index (χ4n) is 2.53. The molecule has 3 aromatic rings. The van der Waals surface area contributed by atoms with Gasteiger partial charge in [-0.2, -0.15) is 0 Å². The number of aliphatic imine (C=N–C) groups is 1. The van der Waals surface area contributed by atoms with Crippen molar-refractivity contribution in [3.05, 3.63) is 72.2 Å². The molecule has 2 aromatic carbocycles. The van der Waals surface area contributed by atoms with Crippen LogP contribution in [0.25, 0.3) is 11.3 Å². The Bertz CT molecular complexity index is 855. The van der Waals surface area contributed by atoms with Crippen LogP contribution in [0, 0.1) is 0 Å². The number of nitrogens with one attached hydrogen (secondary N) is 2. The number of H-pyrrole nitrogens is 1. The third kappa shape index (κ3) is 5.32. The molecule has 4 N–H and O–H groups in total. The molecule has 0 amide bonds. The van der Waals surface area contributed by atoms with Crippen molar-refractivity contribution in [1.82, 2.24) is 9.97 Å². The second-order valence-corrected chi connectivity index (χ2v) is 6.22. The third-order valence-electron chi connectivity index (χ3n) is 3.94. The largest absolute Gasteiger partial charge is 0.370 e. The Labute approximate surface area is 171 Å². The van der Waals surface area contributed by atoms with Gasteiger partial charge >= 0.3 is 0 Å². The number of halogens is 1. The van der Waals surface area contributed by atoms with E-state index in [9.17, 15) is 0 Å². The van der Waals surface area contributed by atoms with E-state index in [-0.39, 0.29) is 24.0 Å². The molecule has 0 aliphatic rings. The van der Waals surface area contributed by atoms with Crippen LogP contribution in [0.2, 0.25) is 0 Å². The van der Waals surface area contributed by atoms with E-state index in [0.29, 0.717) is 18.4 Å². The first-order chi connectivity index (χ1) is 12.1. The highest BCUT2D eigenvalue weighted by Crippen LogP contribution is 2.18. The van der Waals surface area contributed by atoms with Crippen molar-refractivity contribution in [3.8, 4) is 11.3 Å². The number of nitrogens with zero attached hydrogens (tertiary/aromatic N) is 2. The second-order valence-electron chi connectivity index (χ2n) is 6.22. The number of hydrogen-bond acceptors (Lipinski definition) is 2. The van der Waals surface area contributed by atoms with Crippen LogP contribution in [-0.4, -0.2) is 15.9 Å². The molecule has 136 valence electrons. The lowest BCUT2D eigenvalue weighted by molar-refractivity contribution is 0.867. The number of imidazole rings is 1. The Hall–Kier alpha value is -2.35. The number of benzene rings is 2. The van der Waals surface area contributed by atoms with Gasteiger partial charge in [-0.1, -0.05) is 56.3 Å². The van der Waals surface area contributed by atoms with Gasteiger partial charge in [-0.3, -0.25) is 0 Å². The lowest BCUT2D eigenvalue weighted by atomic mass is 10.0. The van der Waals surface area contributed by atoms with Gasteiger partial charge in [0, 0.05) is 5.69 Å². The second kappa shape index (κ2) is 9.38. The number of aromatic amines is 1. The molecule has 0 unspecified atom stereocenters. The summed E-state index contributed by atoms with van der Waals surface area (Å²) in [5.74, 6) is 1.62. The summed E-state index contributed by atoms with van der Waals surface area (Å²) in [4.78, 5) is 12.0. The van der Waals surface area contributed by atoms with Crippen molar-refractivity contribution in [2.45, 2.75) is 26.3 Å². The quantitative estimate of drug-likeness (QED) is 0.292. The molecule has 0 spiro atoms. The third-order valence-corrected chi connectivity index (χ3v) is 3.94. The zero-order valence-electron chi connectivity index (χ0n) is 14.9. The maximum Gasteiger partial charge on any atom is 0.193 e. The van der Waals surface area contributed by atoms with Crippen molar-refractivity contribution in [2.75, 3.05) is 5.32 Å². The van der Waals surface area contributed by atoms with Crippen LogP contribution >= 0.6 is 24.0 Å². The summed E-state index contributed by atoms with van der Waals surface area (Å²) < 4.78 is 0. The molecule has 0 bridgehead atoms. The van der Waals surface area contributed by atoms with Crippen LogP contribution < -0.4 is 11.1 Å². The molecular formula is C20H24IN5. The topological polar surface area (TPSA) is 79.1 Å². The predicted molar refractivity (Wildman–Crippen MR) is 119 cm³/mol. The van der Waals surface area contributed by atoms with Crippen molar-refractivity contribution in [2.24, 2.45) is 10.7 Å². The zero-order chi connectivity index (χ0) is 17.6. The molecule has 0 aliphatic carbocycles. The Balaban J connectivity index is 0.00000243. The molecule has 0 aliphatic heterocycles. The van der Waals surface area contributed by atoms with E-state index < -0.39 is 0 Å². The van der Waals surface area contributed by atoms with Crippen LogP contribution in [0.3, 0.4) is 0 Å². The highest BCUT2D eigenvalue weighted by molar-refractivity contribution is 14.0. The summed E-state index contributed by atoms with van der Waals surface area (Å²) in [6.07, 6.45) is 1.82. The standard InChI is InChI=1S/C20H23N5.HI/c1-14(2)16-9-6-10-17(11-16)24-20(21)23-13-19-22-12-18(25-19)15-7-4-3-5-8-15;/h3-12,14H,13H2,1-2H3,(H,22,25)(H3,21,23,24);1H. The van der Waals surface area contributed by atoms with Crippen molar-refractivity contribution in [3.63, 3.8) is 0 Å². The smallest absolute Gasteiger partial charge is 0.193 e. The van der Waals surface area contributed by atoms with Crippen LogP contribution in [0.1, 0.15) is 31.2 Å². The lowest BCUT2D eigenvalue weighted by Crippen LogP contribution is -2.22. The first kappa shape index (κ1) is 20.0. The normalized spacial score (nSPS) is 11.3. The number of hydrogen-bond donors (Lipinski definition) is 3. The predicted octanol–water partition coefficient (Wildman–Crippen LogP) is 4.74. The fraction of sp³-hybridized carbons (Fsp3) is 0.200. The SMILES string of the molecule is CC(C)c1cccc(NC(N)=NCc2ncc(-c3ccccc3)[nH]2)c1.I. The molecule has 1 heterocycles. The van der Waals surface area contributed by atoms with Gasteiger partial charge in [0.15, 0.2) is 5.96 Å². The van der Waals surface area contributed by atoms with Crippen molar-refractivity contribution >= 4 is 35.6 Å². The minimum absolute atomic E-state index is 0. The van der Waals surface area contributed by atoms with Crippen LogP contribution in [0.15, 0.2) is 65.8 Å². The Morgan fingerprint density at radius 2 is 1.92 bits per heavy atom. The average molecular weight is 461 g/mol. The van der Waals surface area contributed by atoms with Gasteiger partial charge in [-0.25, -0.2) is 9.98 Å². The number of guanidine groups is 1. The van der Waals surface area contributed by atoms with E-state index in [1.165, 1.54) is 5.56 Å². The van der Waals surface area contributed by atoms with Crippen LogP contribution in [0.4, 0.5) is 5.69 Å². The molecule has 26 heavy (non-hydrogen) atoms. The summed E-state index contributed by atoms with van der Waals surface area (Å²) >= 11 is 0. The molecule has 0 saturated carbocycles. The minimum atomic E-state index is 0. The van der Waals surface area contributed by atoms with Gasteiger partial charge in [0.25, 0.3) is 0 Å². The summed E-state index contributed by atoms with van der Waals surface area (Å²) in [6.45, 7) is 4.73. The molecule has 0 saturated heterocycles.